The molecule has 3 heterocycles. The lowest BCUT2D eigenvalue weighted by molar-refractivity contribution is -0.114. The molecule has 1 fully saturated rings. The van der Waals surface area contributed by atoms with E-state index in [1.54, 1.807) is 17.2 Å². The first-order chi connectivity index (χ1) is 9.74. The fourth-order valence-electron chi connectivity index (χ4n) is 2.73. The van der Waals surface area contributed by atoms with Gasteiger partial charge in [0.1, 0.15) is 5.82 Å². The van der Waals surface area contributed by atoms with Gasteiger partial charge in [0.05, 0.1) is 18.0 Å². The van der Waals surface area contributed by atoms with Crippen molar-refractivity contribution in [3.05, 3.63) is 30.5 Å². The summed E-state index contributed by atoms with van der Waals surface area (Å²) in [5.74, 6) is 0.881. The quantitative estimate of drug-likeness (QED) is 0.883. The third kappa shape index (κ3) is 2.67. The summed E-state index contributed by atoms with van der Waals surface area (Å²) in [6.45, 7) is 2.27. The van der Waals surface area contributed by atoms with E-state index in [1.165, 1.54) is 0 Å². The topological polar surface area (TPSA) is 56.7 Å². The van der Waals surface area contributed by atoms with Crippen molar-refractivity contribution < 1.29 is 9.90 Å². The highest BCUT2D eigenvalue weighted by molar-refractivity contribution is 6.02. The summed E-state index contributed by atoms with van der Waals surface area (Å²) in [6, 6.07) is 3.86. The number of anilines is 2. The van der Waals surface area contributed by atoms with Crippen molar-refractivity contribution in [1.82, 2.24) is 4.98 Å². The number of pyridine rings is 1. The number of rotatable bonds is 2. The van der Waals surface area contributed by atoms with Crippen LogP contribution in [0, 0.1) is 0 Å². The Morgan fingerprint density at radius 3 is 2.90 bits per heavy atom. The summed E-state index contributed by atoms with van der Waals surface area (Å²) in [7, 11) is 0. The molecule has 1 aromatic rings. The molecule has 5 heteroatoms. The van der Waals surface area contributed by atoms with Crippen LogP contribution in [0.15, 0.2) is 30.5 Å². The fraction of sp³-hybridized carbons (Fsp3) is 0.467. The molecule has 2 aliphatic rings. The van der Waals surface area contributed by atoms with Crippen LogP contribution in [0.25, 0.3) is 0 Å². The Labute approximate surface area is 118 Å². The number of amides is 1. The van der Waals surface area contributed by atoms with Crippen LogP contribution in [-0.4, -0.2) is 41.7 Å². The summed E-state index contributed by atoms with van der Waals surface area (Å²) >= 11 is 0. The Morgan fingerprint density at radius 2 is 2.20 bits per heavy atom. The van der Waals surface area contributed by atoms with Crippen molar-refractivity contribution in [2.45, 2.75) is 25.4 Å². The van der Waals surface area contributed by atoms with Crippen LogP contribution >= 0.6 is 0 Å². The number of aliphatic hydroxyl groups is 1. The largest absolute Gasteiger partial charge is 0.391 e. The molecule has 3 rings (SSSR count). The second kappa shape index (κ2) is 5.63. The van der Waals surface area contributed by atoms with Crippen LogP contribution in [0.4, 0.5) is 11.5 Å². The second-order valence-electron chi connectivity index (χ2n) is 5.30. The van der Waals surface area contributed by atoms with E-state index in [1.807, 2.05) is 18.2 Å². The van der Waals surface area contributed by atoms with Crippen LogP contribution in [-0.2, 0) is 4.79 Å². The number of carbonyl (C=O) groups is 1. The van der Waals surface area contributed by atoms with E-state index in [4.69, 9.17) is 0 Å². The number of hydrogen-bond donors (Lipinski definition) is 1. The average Bonchev–Trinajstić information content (AvgIpc) is 2.48. The van der Waals surface area contributed by atoms with Gasteiger partial charge >= 0.3 is 0 Å². The molecule has 1 saturated heterocycles. The molecule has 106 valence electrons. The van der Waals surface area contributed by atoms with Gasteiger partial charge in [-0.05, 0) is 37.5 Å². The summed E-state index contributed by atoms with van der Waals surface area (Å²) in [5, 5.41) is 9.70. The molecule has 0 bridgehead atoms. The molecule has 5 nitrogen and oxygen atoms in total. The highest BCUT2D eigenvalue weighted by Gasteiger charge is 2.20. The molecular weight excluding hydrogens is 254 g/mol. The summed E-state index contributed by atoms with van der Waals surface area (Å²) in [5.41, 5.74) is 0.834. The molecule has 1 aromatic heterocycles. The van der Waals surface area contributed by atoms with Crippen molar-refractivity contribution >= 4 is 17.4 Å². The van der Waals surface area contributed by atoms with Gasteiger partial charge in [0.25, 0.3) is 5.91 Å². The van der Waals surface area contributed by atoms with Crippen molar-refractivity contribution in [2.75, 3.05) is 29.4 Å². The first-order valence-corrected chi connectivity index (χ1v) is 7.11. The Hall–Kier alpha value is -1.88. The normalized spacial score (nSPS) is 23.2. The molecule has 0 aliphatic carbocycles. The van der Waals surface area contributed by atoms with Gasteiger partial charge in [0, 0.05) is 19.6 Å². The Bertz CT molecular complexity index is 512. The zero-order chi connectivity index (χ0) is 13.9. The van der Waals surface area contributed by atoms with E-state index in [-0.39, 0.29) is 12.0 Å². The van der Waals surface area contributed by atoms with E-state index in [9.17, 15) is 9.90 Å². The third-order valence-electron chi connectivity index (χ3n) is 3.81. The first-order valence-electron chi connectivity index (χ1n) is 7.11. The predicted octanol–water partition coefficient (Wildman–Crippen LogP) is 1.34. The molecule has 1 N–H and O–H groups in total. The minimum Gasteiger partial charge on any atom is -0.391 e. The standard InChI is InChI=1S/C15H19N3O2/c19-13-4-3-8-17(11-13)14-7-6-12(10-16-14)18-9-2-1-5-15(18)20/h1,5-7,10,13,19H,2-4,8-9,11H2. The van der Waals surface area contributed by atoms with Crippen molar-refractivity contribution in [3.63, 3.8) is 0 Å². The number of β-amino-alcohol motifs (C(OH)–C–C–N with tert-alkyl or cyclic N) is 1. The van der Waals surface area contributed by atoms with Gasteiger partial charge in [-0.15, -0.1) is 0 Å². The van der Waals surface area contributed by atoms with E-state index in [0.717, 1.165) is 37.3 Å². The van der Waals surface area contributed by atoms with Crippen LogP contribution in [0.2, 0.25) is 0 Å². The molecule has 1 amide bonds. The van der Waals surface area contributed by atoms with Crippen molar-refractivity contribution in [1.29, 1.82) is 0 Å². The van der Waals surface area contributed by atoms with Gasteiger partial charge in [-0.25, -0.2) is 4.98 Å². The van der Waals surface area contributed by atoms with Gasteiger partial charge < -0.3 is 14.9 Å². The lowest BCUT2D eigenvalue weighted by Crippen LogP contribution is -2.38. The molecule has 0 aromatic carbocycles. The number of carbonyl (C=O) groups excluding carboxylic acids is 1. The molecule has 1 atom stereocenters. The Balaban J connectivity index is 1.74. The van der Waals surface area contributed by atoms with E-state index >= 15 is 0 Å². The summed E-state index contributed by atoms with van der Waals surface area (Å²) in [6.07, 6.45) is 7.72. The Kier molecular flexibility index (Phi) is 3.69. The molecule has 0 saturated carbocycles. The number of piperidine rings is 1. The zero-order valence-electron chi connectivity index (χ0n) is 11.4. The first kappa shape index (κ1) is 13.1. The van der Waals surface area contributed by atoms with Crippen molar-refractivity contribution in [2.24, 2.45) is 0 Å². The highest BCUT2D eigenvalue weighted by atomic mass is 16.3. The molecule has 2 aliphatic heterocycles. The number of aromatic nitrogens is 1. The van der Waals surface area contributed by atoms with Crippen LogP contribution < -0.4 is 9.80 Å². The maximum Gasteiger partial charge on any atom is 0.250 e. The number of aliphatic hydroxyl groups excluding tert-OH is 1. The lowest BCUT2D eigenvalue weighted by Gasteiger charge is -2.31. The molecule has 1 unspecified atom stereocenters. The average molecular weight is 273 g/mol. The molecule has 20 heavy (non-hydrogen) atoms. The van der Waals surface area contributed by atoms with E-state index in [2.05, 4.69) is 9.88 Å². The van der Waals surface area contributed by atoms with Crippen LogP contribution in [0.3, 0.4) is 0 Å². The van der Waals surface area contributed by atoms with Gasteiger partial charge in [-0.2, -0.15) is 0 Å². The number of hydrogen-bond acceptors (Lipinski definition) is 4. The maximum atomic E-state index is 11.8. The van der Waals surface area contributed by atoms with Crippen LogP contribution in [0.1, 0.15) is 19.3 Å². The highest BCUT2D eigenvalue weighted by Crippen LogP contribution is 2.22. The Morgan fingerprint density at radius 1 is 1.30 bits per heavy atom. The second-order valence-corrected chi connectivity index (χ2v) is 5.30. The van der Waals surface area contributed by atoms with E-state index < -0.39 is 0 Å². The summed E-state index contributed by atoms with van der Waals surface area (Å²) < 4.78 is 0. The molecule has 0 spiro atoms. The fourth-order valence-corrected chi connectivity index (χ4v) is 2.73. The minimum absolute atomic E-state index is 0.0131. The minimum atomic E-state index is -0.265. The zero-order valence-corrected chi connectivity index (χ0v) is 11.4. The monoisotopic (exact) mass is 273 g/mol. The lowest BCUT2D eigenvalue weighted by atomic mass is 10.1. The van der Waals surface area contributed by atoms with E-state index in [0.29, 0.717) is 13.1 Å². The van der Waals surface area contributed by atoms with Gasteiger partial charge in [-0.1, -0.05) is 6.08 Å². The molecule has 0 radical (unpaired) electrons. The van der Waals surface area contributed by atoms with Crippen LogP contribution in [0.5, 0.6) is 0 Å². The van der Waals surface area contributed by atoms with Gasteiger partial charge in [0.15, 0.2) is 0 Å². The predicted molar refractivity (Wildman–Crippen MR) is 77.8 cm³/mol. The summed E-state index contributed by atoms with van der Waals surface area (Å²) in [4.78, 5) is 20.1. The van der Waals surface area contributed by atoms with Gasteiger partial charge in [0.2, 0.25) is 0 Å². The third-order valence-corrected chi connectivity index (χ3v) is 3.81. The number of nitrogens with zero attached hydrogens (tertiary/aromatic N) is 3. The maximum absolute atomic E-state index is 11.8. The SMILES string of the molecule is O=C1C=CCCN1c1ccc(N2CCCC(O)C2)nc1. The van der Waals surface area contributed by atoms with Crippen molar-refractivity contribution in [3.8, 4) is 0 Å². The van der Waals surface area contributed by atoms with Gasteiger partial charge in [-0.3, -0.25) is 4.79 Å². The smallest absolute Gasteiger partial charge is 0.250 e. The molecular formula is C15H19N3O2.